The van der Waals surface area contributed by atoms with Crippen molar-refractivity contribution < 1.29 is 19.0 Å². The lowest BCUT2D eigenvalue weighted by Gasteiger charge is -2.18. The van der Waals surface area contributed by atoms with E-state index < -0.39 is 11.9 Å². The Hall–Kier alpha value is -1.49. The molecule has 0 unspecified atom stereocenters. The van der Waals surface area contributed by atoms with E-state index in [1.807, 2.05) is 0 Å². The molecule has 6 heteroatoms. The molecule has 1 saturated carbocycles. The summed E-state index contributed by atoms with van der Waals surface area (Å²) >= 11 is 5.63. The van der Waals surface area contributed by atoms with Crippen LogP contribution in [0, 0.1) is 17.7 Å². The van der Waals surface area contributed by atoms with Crippen LogP contribution < -0.4 is 4.74 Å². The molecule has 1 aliphatic carbocycles. The predicted molar refractivity (Wildman–Crippen MR) is 71.6 cm³/mol. The lowest BCUT2D eigenvalue weighted by atomic mass is 10.0. The lowest BCUT2D eigenvalue weighted by molar-refractivity contribution is 0.144. The van der Waals surface area contributed by atoms with E-state index >= 15 is 0 Å². The van der Waals surface area contributed by atoms with Crippen LogP contribution in [0.15, 0.2) is 18.2 Å². The number of benzene rings is 1. The topological polar surface area (TPSA) is 49.8 Å². The van der Waals surface area contributed by atoms with Crippen molar-refractivity contribution in [2.75, 3.05) is 13.1 Å². The number of hydrogen-bond acceptors (Lipinski definition) is 2. The Balaban J connectivity index is 1.60. The van der Waals surface area contributed by atoms with Gasteiger partial charge in [0.25, 0.3) is 0 Å². The highest BCUT2D eigenvalue weighted by atomic mass is 35.5. The van der Waals surface area contributed by atoms with Gasteiger partial charge in [-0.2, -0.15) is 0 Å². The predicted octanol–water partition coefficient (Wildman–Crippen LogP) is 3.25. The Labute approximate surface area is 121 Å². The highest BCUT2D eigenvalue weighted by molar-refractivity contribution is 6.30. The fourth-order valence-electron chi connectivity index (χ4n) is 3.24. The van der Waals surface area contributed by atoms with Crippen LogP contribution >= 0.6 is 11.6 Å². The summed E-state index contributed by atoms with van der Waals surface area (Å²) in [4.78, 5) is 12.4. The molecule has 3 atom stereocenters. The summed E-state index contributed by atoms with van der Waals surface area (Å²) in [5.41, 5.74) is 0. The average molecular weight is 300 g/mol. The molecule has 0 radical (unpaired) electrons. The molecule has 1 heterocycles. The van der Waals surface area contributed by atoms with Crippen LogP contribution in [0.25, 0.3) is 0 Å². The second-order valence-electron chi connectivity index (χ2n) is 5.49. The first-order valence-electron chi connectivity index (χ1n) is 6.62. The Morgan fingerprint density at radius 3 is 2.55 bits per heavy atom. The van der Waals surface area contributed by atoms with Crippen molar-refractivity contribution in [1.29, 1.82) is 0 Å². The fourth-order valence-corrected chi connectivity index (χ4v) is 3.36. The molecule has 3 rings (SSSR count). The second-order valence-corrected chi connectivity index (χ2v) is 5.90. The molecule has 108 valence electrons. The maximum atomic E-state index is 13.3. The Morgan fingerprint density at radius 1 is 1.35 bits per heavy atom. The van der Waals surface area contributed by atoms with Gasteiger partial charge in [0, 0.05) is 19.2 Å². The monoisotopic (exact) mass is 299 g/mol. The molecule has 1 N–H and O–H groups in total. The third kappa shape index (κ3) is 2.54. The molecule has 2 aliphatic rings. The summed E-state index contributed by atoms with van der Waals surface area (Å²) < 4.78 is 19.1. The van der Waals surface area contributed by atoms with Gasteiger partial charge in [0.05, 0.1) is 11.1 Å². The summed E-state index contributed by atoms with van der Waals surface area (Å²) in [6.07, 6.45) is 0.815. The molecule has 1 aromatic carbocycles. The van der Waals surface area contributed by atoms with Crippen molar-refractivity contribution >= 4 is 17.7 Å². The summed E-state index contributed by atoms with van der Waals surface area (Å²) in [5, 5.41) is 9.05. The zero-order valence-electron chi connectivity index (χ0n) is 10.8. The number of ether oxygens (including phenoxy) is 1. The van der Waals surface area contributed by atoms with Crippen molar-refractivity contribution in [3.8, 4) is 5.75 Å². The molecule has 1 aromatic rings. The molecule has 0 aromatic heterocycles. The van der Waals surface area contributed by atoms with E-state index in [2.05, 4.69) is 0 Å². The van der Waals surface area contributed by atoms with Gasteiger partial charge in [-0.05, 0) is 36.8 Å². The van der Waals surface area contributed by atoms with Crippen LogP contribution in [0.2, 0.25) is 5.02 Å². The van der Waals surface area contributed by atoms with Crippen LogP contribution in [0.5, 0.6) is 5.75 Å². The highest BCUT2D eigenvalue weighted by Gasteiger charge is 2.43. The van der Waals surface area contributed by atoms with Gasteiger partial charge in [0.2, 0.25) is 0 Å². The van der Waals surface area contributed by atoms with E-state index in [-0.39, 0.29) is 11.1 Å². The van der Waals surface area contributed by atoms with Gasteiger partial charge in [0.15, 0.2) is 0 Å². The molecule has 2 fully saturated rings. The largest absolute Gasteiger partial charge is 0.490 e. The molecule has 20 heavy (non-hydrogen) atoms. The molecule has 1 amide bonds. The molecule has 0 spiro atoms. The Bertz CT molecular complexity index is 525. The summed E-state index contributed by atoms with van der Waals surface area (Å²) in [6.45, 7) is 1.16. The van der Waals surface area contributed by atoms with Crippen molar-refractivity contribution in [3.63, 3.8) is 0 Å². The molecule has 1 aliphatic heterocycles. The van der Waals surface area contributed by atoms with Crippen LogP contribution in [-0.4, -0.2) is 35.3 Å². The Morgan fingerprint density at radius 2 is 2.00 bits per heavy atom. The number of rotatable bonds is 2. The first kappa shape index (κ1) is 13.5. The van der Waals surface area contributed by atoms with Gasteiger partial charge >= 0.3 is 6.09 Å². The minimum Gasteiger partial charge on any atom is -0.490 e. The van der Waals surface area contributed by atoms with Crippen molar-refractivity contribution in [1.82, 2.24) is 4.90 Å². The summed E-state index contributed by atoms with van der Waals surface area (Å²) in [5.74, 6) is 0.702. The van der Waals surface area contributed by atoms with Crippen LogP contribution in [0.3, 0.4) is 0 Å². The van der Waals surface area contributed by atoms with Gasteiger partial charge in [-0.1, -0.05) is 11.6 Å². The van der Waals surface area contributed by atoms with E-state index in [0.29, 0.717) is 30.7 Å². The van der Waals surface area contributed by atoms with Crippen LogP contribution in [0.1, 0.15) is 12.8 Å². The standard InChI is InChI=1S/C14H15ClFNO3/c15-12-2-1-10(5-13(12)16)20-11-3-8-6-17(14(18)19)7-9(8)4-11/h1-2,5,8-9,11H,3-4,6-7H2,(H,18,19)/t8-,9+,11-. The number of likely N-dealkylation sites (tertiary alicyclic amines) is 1. The van der Waals surface area contributed by atoms with Gasteiger partial charge in [-0.25, -0.2) is 9.18 Å². The number of nitrogens with zero attached hydrogens (tertiary/aromatic N) is 1. The van der Waals surface area contributed by atoms with Gasteiger partial charge in [0.1, 0.15) is 11.6 Å². The maximum Gasteiger partial charge on any atom is 0.407 e. The van der Waals surface area contributed by atoms with E-state index in [9.17, 15) is 9.18 Å². The van der Waals surface area contributed by atoms with E-state index in [0.717, 1.165) is 12.8 Å². The van der Waals surface area contributed by atoms with Crippen molar-refractivity contribution in [3.05, 3.63) is 29.0 Å². The second kappa shape index (κ2) is 5.13. The van der Waals surface area contributed by atoms with Crippen LogP contribution in [-0.2, 0) is 0 Å². The molecular weight excluding hydrogens is 285 g/mol. The third-order valence-corrected chi connectivity index (χ3v) is 4.48. The lowest BCUT2D eigenvalue weighted by Crippen LogP contribution is -2.29. The van der Waals surface area contributed by atoms with E-state index in [1.165, 1.54) is 17.0 Å². The normalized spacial score (nSPS) is 28.5. The molecule has 4 nitrogen and oxygen atoms in total. The average Bonchev–Trinajstić information content (AvgIpc) is 2.91. The number of carboxylic acid groups (broad SMARTS) is 1. The number of amides is 1. The number of halogens is 2. The summed E-state index contributed by atoms with van der Waals surface area (Å²) in [6, 6.07) is 4.43. The van der Waals surface area contributed by atoms with Crippen molar-refractivity contribution in [2.24, 2.45) is 11.8 Å². The van der Waals surface area contributed by atoms with E-state index in [1.54, 1.807) is 6.07 Å². The number of fused-ring (bicyclic) bond motifs is 1. The maximum absolute atomic E-state index is 13.3. The molecular formula is C14H15ClFNO3. The minimum atomic E-state index is -0.850. The van der Waals surface area contributed by atoms with Gasteiger partial charge in [-0.3, -0.25) is 0 Å². The summed E-state index contributed by atoms with van der Waals surface area (Å²) in [7, 11) is 0. The van der Waals surface area contributed by atoms with Gasteiger partial charge < -0.3 is 14.7 Å². The van der Waals surface area contributed by atoms with E-state index in [4.69, 9.17) is 21.4 Å². The smallest absolute Gasteiger partial charge is 0.407 e. The SMILES string of the molecule is O=C(O)N1C[C@H]2C[C@@H](Oc3ccc(Cl)c(F)c3)C[C@H]2C1. The minimum absolute atomic E-state index is 0.0292. The third-order valence-electron chi connectivity index (χ3n) is 4.17. The fraction of sp³-hybridized carbons (Fsp3) is 0.500. The van der Waals surface area contributed by atoms with Crippen molar-refractivity contribution in [2.45, 2.75) is 18.9 Å². The number of carbonyl (C=O) groups is 1. The highest BCUT2D eigenvalue weighted by Crippen LogP contribution is 2.39. The van der Waals surface area contributed by atoms with Crippen LogP contribution in [0.4, 0.5) is 9.18 Å². The number of hydrogen-bond donors (Lipinski definition) is 1. The van der Waals surface area contributed by atoms with Gasteiger partial charge in [-0.15, -0.1) is 0 Å². The molecule has 1 saturated heterocycles. The zero-order chi connectivity index (χ0) is 14.3. The Kier molecular flexibility index (Phi) is 3.46. The molecule has 0 bridgehead atoms. The quantitative estimate of drug-likeness (QED) is 0.912. The first-order valence-corrected chi connectivity index (χ1v) is 7.00. The zero-order valence-corrected chi connectivity index (χ0v) is 11.5. The first-order chi connectivity index (χ1) is 9.52.